The number of ether oxygens (including phenoxy) is 1. The number of aromatic nitrogens is 1. The molecule has 1 aliphatic rings. The highest BCUT2D eigenvalue weighted by Crippen LogP contribution is 2.21. The van der Waals surface area contributed by atoms with Gasteiger partial charge in [-0.1, -0.05) is 11.3 Å². The summed E-state index contributed by atoms with van der Waals surface area (Å²) in [4.78, 5) is 26.7. The zero-order valence-electron chi connectivity index (χ0n) is 9.46. The Morgan fingerprint density at radius 3 is 3.11 bits per heavy atom. The van der Waals surface area contributed by atoms with E-state index in [0.717, 1.165) is 18.9 Å². The molecule has 0 radical (unpaired) electrons. The van der Waals surface area contributed by atoms with Crippen LogP contribution in [0, 0.1) is 0 Å². The second kappa shape index (κ2) is 5.74. The van der Waals surface area contributed by atoms with E-state index in [9.17, 15) is 9.59 Å². The van der Waals surface area contributed by atoms with Crippen molar-refractivity contribution in [2.75, 3.05) is 11.9 Å². The number of amides is 1. The summed E-state index contributed by atoms with van der Waals surface area (Å²) in [5.41, 5.74) is 0. The predicted molar refractivity (Wildman–Crippen MR) is 66.4 cm³/mol. The summed E-state index contributed by atoms with van der Waals surface area (Å²) in [6.07, 6.45) is 5.19. The molecule has 0 aliphatic carbocycles. The molecule has 0 saturated carbocycles. The van der Waals surface area contributed by atoms with Crippen LogP contribution in [-0.4, -0.2) is 34.7 Å². The zero-order chi connectivity index (χ0) is 13.0. The number of carboxylic acids is 1. The van der Waals surface area contributed by atoms with Gasteiger partial charge in [-0.15, -0.1) is 0 Å². The Morgan fingerprint density at radius 1 is 1.61 bits per heavy atom. The minimum atomic E-state index is -1.02. The van der Waals surface area contributed by atoms with Gasteiger partial charge in [-0.2, -0.15) is 0 Å². The maximum Gasteiger partial charge on any atom is 0.328 e. The fraction of sp³-hybridized carbons (Fsp3) is 0.364. The van der Waals surface area contributed by atoms with Crippen LogP contribution in [0.5, 0.6) is 0 Å². The van der Waals surface area contributed by atoms with Crippen molar-refractivity contribution in [3.8, 4) is 0 Å². The number of carbonyl (C=O) groups excluding carboxylic acids is 1. The van der Waals surface area contributed by atoms with E-state index in [4.69, 9.17) is 9.84 Å². The largest absolute Gasteiger partial charge is 0.478 e. The number of anilines is 1. The van der Waals surface area contributed by atoms with Crippen molar-refractivity contribution in [1.82, 2.24) is 4.98 Å². The van der Waals surface area contributed by atoms with Gasteiger partial charge in [0.1, 0.15) is 6.10 Å². The molecular formula is C11H12N2O4S. The second-order valence-electron chi connectivity index (χ2n) is 3.73. The summed E-state index contributed by atoms with van der Waals surface area (Å²) in [5.74, 6) is -1.22. The number of rotatable bonds is 4. The maximum atomic E-state index is 11.7. The van der Waals surface area contributed by atoms with Gasteiger partial charge in [-0.3, -0.25) is 10.1 Å². The van der Waals surface area contributed by atoms with Gasteiger partial charge in [0, 0.05) is 23.8 Å². The van der Waals surface area contributed by atoms with E-state index in [1.807, 2.05) is 0 Å². The van der Waals surface area contributed by atoms with Crippen LogP contribution in [0.2, 0.25) is 0 Å². The Morgan fingerprint density at radius 2 is 2.44 bits per heavy atom. The fourth-order valence-electron chi connectivity index (χ4n) is 1.55. The number of hydrogen-bond donors (Lipinski definition) is 2. The molecule has 1 amide bonds. The molecule has 2 heterocycles. The minimum Gasteiger partial charge on any atom is -0.478 e. The first-order chi connectivity index (χ1) is 8.65. The van der Waals surface area contributed by atoms with Crippen LogP contribution in [0.1, 0.15) is 17.7 Å². The molecule has 1 aromatic rings. The normalized spacial score (nSPS) is 19.2. The van der Waals surface area contributed by atoms with Gasteiger partial charge < -0.3 is 9.84 Å². The molecule has 96 valence electrons. The quantitative estimate of drug-likeness (QED) is 0.805. The number of thiazole rings is 1. The van der Waals surface area contributed by atoms with Crippen LogP contribution < -0.4 is 5.32 Å². The smallest absolute Gasteiger partial charge is 0.328 e. The Kier molecular flexibility index (Phi) is 4.06. The van der Waals surface area contributed by atoms with Crippen molar-refractivity contribution in [3.05, 3.63) is 17.2 Å². The lowest BCUT2D eigenvalue weighted by Crippen LogP contribution is -2.26. The lowest BCUT2D eigenvalue weighted by molar-refractivity contribution is -0.131. The van der Waals surface area contributed by atoms with E-state index in [1.165, 1.54) is 23.6 Å². The average Bonchev–Trinajstić information content (AvgIpc) is 2.97. The minimum absolute atomic E-state index is 0.199. The molecule has 18 heavy (non-hydrogen) atoms. The summed E-state index contributed by atoms with van der Waals surface area (Å²) < 4.78 is 5.25. The van der Waals surface area contributed by atoms with Crippen molar-refractivity contribution >= 4 is 34.4 Å². The van der Waals surface area contributed by atoms with Gasteiger partial charge in [0.15, 0.2) is 5.13 Å². The first kappa shape index (κ1) is 12.7. The lowest BCUT2D eigenvalue weighted by Gasteiger charge is -2.07. The van der Waals surface area contributed by atoms with Crippen LogP contribution in [0.4, 0.5) is 5.13 Å². The lowest BCUT2D eigenvalue weighted by atomic mass is 10.2. The van der Waals surface area contributed by atoms with E-state index in [0.29, 0.717) is 16.6 Å². The third-order valence-corrected chi connectivity index (χ3v) is 3.24. The van der Waals surface area contributed by atoms with Crippen LogP contribution in [0.15, 0.2) is 12.3 Å². The van der Waals surface area contributed by atoms with Gasteiger partial charge in [-0.25, -0.2) is 9.78 Å². The van der Waals surface area contributed by atoms with Crippen molar-refractivity contribution in [1.29, 1.82) is 0 Å². The van der Waals surface area contributed by atoms with Gasteiger partial charge in [0.2, 0.25) is 0 Å². The SMILES string of the molecule is O=C(O)C=Cc1cnc(NC(=O)C2CCCO2)s1. The van der Waals surface area contributed by atoms with Gasteiger partial charge in [-0.05, 0) is 18.9 Å². The van der Waals surface area contributed by atoms with Gasteiger partial charge in [0.25, 0.3) is 5.91 Å². The standard InChI is InChI=1S/C11H12N2O4S/c14-9(15)4-3-7-6-12-11(18-7)13-10(16)8-2-1-5-17-8/h3-4,6,8H,1-2,5H2,(H,14,15)(H,12,13,16). The third kappa shape index (κ3) is 3.38. The number of carbonyl (C=O) groups is 2. The molecule has 1 aromatic heterocycles. The van der Waals surface area contributed by atoms with Crippen molar-refractivity contribution < 1.29 is 19.4 Å². The van der Waals surface area contributed by atoms with E-state index >= 15 is 0 Å². The summed E-state index contributed by atoms with van der Waals surface area (Å²) in [6, 6.07) is 0. The highest BCUT2D eigenvalue weighted by atomic mass is 32.1. The number of nitrogens with one attached hydrogen (secondary N) is 1. The molecule has 2 rings (SSSR count). The Bertz CT molecular complexity index is 477. The molecule has 1 fully saturated rings. The van der Waals surface area contributed by atoms with Crippen molar-refractivity contribution in [3.63, 3.8) is 0 Å². The number of aliphatic carboxylic acids is 1. The fourth-order valence-corrected chi connectivity index (χ4v) is 2.27. The summed E-state index contributed by atoms with van der Waals surface area (Å²) >= 11 is 1.21. The van der Waals surface area contributed by atoms with E-state index in [1.54, 1.807) is 0 Å². The van der Waals surface area contributed by atoms with Crippen LogP contribution in [0.3, 0.4) is 0 Å². The molecule has 0 spiro atoms. The molecular weight excluding hydrogens is 256 g/mol. The highest BCUT2D eigenvalue weighted by Gasteiger charge is 2.24. The Hall–Kier alpha value is -1.73. The molecule has 6 nitrogen and oxygen atoms in total. The van der Waals surface area contributed by atoms with E-state index in [2.05, 4.69) is 10.3 Å². The van der Waals surface area contributed by atoms with Gasteiger partial charge >= 0.3 is 5.97 Å². The highest BCUT2D eigenvalue weighted by molar-refractivity contribution is 7.16. The van der Waals surface area contributed by atoms with E-state index < -0.39 is 12.1 Å². The third-order valence-electron chi connectivity index (χ3n) is 2.37. The van der Waals surface area contributed by atoms with Crippen LogP contribution in [0.25, 0.3) is 6.08 Å². The molecule has 7 heteroatoms. The van der Waals surface area contributed by atoms with Gasteiger partial charge in [0.05, 0.1) is 0 Å². The molecule has 0 bridgehead atoms. The summed E-state index contributed by atoms with van der Waals surface area (Å²) in [7, 11) is 0. The van der Waals surface area contributed by atoms with Crippen LogP contribution in [-0.2, 0) is 14.3 Å². The first-order valence-electron chi connectivity index (χ1n) is 5.44. The zero-order valence-corrected chi connectivity index (χ0v) is 10.3. The molecule has 2 N–H and O–H groups in total. The Labute approximate surface area is 107 Å². The second-order valence-corrected chi connectivity index (χ2v) is 4.79. The predicted octanol–water partition coefficient (Wildman–Crippen LogP) is 1.36. The van der Waals surface area contributed by atoms with Crippen LogP contribution >= 0.6 is 11.3 Å². The summed E-state index contributed by atoms with van der Waals surface area (Å²) in [5, 5.41) is 11.6. The number of nitrogens with zero attached hydrogens (tertiary/aromatic N) is 1. The van der Waals surface area contributed by atoms with E-state index in [-0.39, 0.29) is 5.91 Å². The molecule has 1 atom stereocenters. The topological polar surface area (TPSA) is 88.5 Å². The molecule has 0 aromatic carbocycles. The maximum absolute atomic E-state index is 11.7. The van der Waals surface area contributed by atoms with Crippen molar-refractivity contribution in [2.45, 2.75) is 18.9 Å². The monoisotopic (exact) mass is 268 g/mol. The summed E-state index contributed by atoms with van der Waals surface area (Å²) in [6.45, 7) is 0.614. The first-order valence-corrected chi connectivity index (χ1v) is 6.26. The molecule has 1 unspecified atom stereocenters. The van der Waals surface area contributed by atoms with Crippen molar-refractivity contribution in [2.24, 2.45) is 0 Å². The molecule has 1 aliphatic heterocycles. The Balaban J connectivity index is 1.93. The average molecular weight is 268 g/mol. The number of carboxylic acid groups (broad SMARTS) is 1. The molecule has 1 saturated heterocycles. The number of hydrogen-bond acceptors (Lipinski definition) is 5.